The highest BCUT2D eigenvalue weighted by Crippen LogP contribution is 2.33. The zero-order valence-electron chi connectivity index (χ0n) is 15.4. The molecule has 0 saturated carbocycles. The maximum atomic E-state index is 13.3. The van der Waals surface area contributed by atoms with Gasteiger partial charge in [0.15, 0.2) is 5.16 Å². The molecule has 1 aromatic carbocycles. The Morgan fingerprint density at radius 3 is 2.46 bits per heavy atom. The van der Waals surface area contributed by atoms with E-state index in [4.69, 9.17) is 4.98 Å². The molecular formula is C20H23FN4S. The van der Waals surface area contributed by atoms with E-state index in [9.17, 15) is 4.39 Å². The number of nitrogens with zero attached hydrogens (tertiary/aromatic N) is 2. The molecule has 136 valence electrons. The van der Waals surface area contributed by atoms with E-state index >= 15 is 0 Å². The lowest BCUT2D eigenvalue weighted by Crippen LogP contribution is -2.22. The number of imidazole rings is 1. The minimum absolute atomic E-state index is 0.252. The summed E-state index contributed by atoms with van der Waals surface area (Å²) in [5, 5.41) is 4.26. The Kier molecular flexibility index (Phi) is 5.61. The van der Waals surface area contributed by atoms with Crippen molar-refractivity contribution in [3.05, 3.63) is 48.4 Å². The Bertz CT molecular complexity index is 874. The minimum atomic E-state index is -0.252. The van der Waals surface area contributed by atoms with Gasteiger partial charge in [-0.1, -0.05) is 25.6 Å². The molecule has 2 heterocycles. The number of aromatic amines is 1. The fourth-order valence-corrected chi connectivity index (χ4v) is 2.93. The quantitative estimate of drug-likeness (QED) is 0.566. The smallest absolute Gasteiger partial charge is 0.166 e. The van der Waals surface area contributed by atoms with Crippen LogP contribution in [-0.4, -0.2) is 27.2 Å². The van der Waals surface area contributed by atoms with E-state index in [0.717, 1.165) is 33.5 Å². The highest BCUT2D eigenvalue weighted by Gasteiger charge is 2.15. The predicted octanol–water partition coefficient (Wildman–Crippen LogP) is 5.46. The van der Waals surface area contributed by atoms with E-state index in [1.165, 1.54) is 12.1 Å². The van der Waals surface area contributed by atoms with Gasteiger partial charge in [-0.15, -0.1) is 0 Å². The number of hydrogen-bond donors (Lipinski definition) is 2. The second-order valence-electron chi connectivity index (χ2n) is 6.58. The summed E-state index contributed by atoms with van der Waals surface area (Å²) in [5.41, 5.74) is 3.58. The predicted molar refractivity (Wildman–Crippen MR) is 107 cm³/mol. The molecule has 0 radical (unpaired) electrons. The van der Waals surface area contributed by atoms with Crippen LogP contribution in [0.1, 0.15) is 20.8 Å². The number of pyridine rings is 1. The van der Waals surface area contributed by atoms with E-state index in [2.05, 4.69) is 36.1 Å². The zero-order chi connectivity index (χ0) is 18.7. The van der Waals surface area contributed by atoms with E-state index < -0.39 is 0 Å². The van der Waals surface area contributed by atoms with Gasteiger partial charge in [0.2, 0.25) is 0 Å². The van der Waals surface area contributed by atoms with Gasteiger partial charge in [0, 0.05) is 23.4 Å². The molecule has 26 heavy (non-hydrogen) atoms. The highest BCUT2D eigenvalue weighted by molar-refractivity contribution is 7.98. The monoisotopic (exact) mass is 370 g/mol. The largest absolute Gasteiger partial charge is 0.367 e. The van der Waals surface area contributed by atoms with Crippen LogP contribution in [0.15, 0.2) is 47.8 Å². The summed E-state index contributed by atoms with van der Waals surface area (Å²) in [6, 6.07) is 10.7. The number of thioether (sulfide) groups is 1. The molecule has 0 spiro atoms. The molecule has 1 atom stereocenters. The lowest BCUT2D eigenvalue weighted by Gasteiger charge is -2.18. The molecule has 6 heteroatoms. The SMILES string of the molecule is CSc1nc(-c2ccnc(N[C@H](C)C(C)C)c2)c(-c2ccc(F)cc2)[nH]1. The van der Waals surface area contributed by atoms with Crippen molar-refractivity contribution < 1.29 is 4.39 Å². The van der Waals surface area contributed by atoms with Crippen LogP contribution in [0.3, 0.4) is 0 Å². The van der Waals surface area contributed by atoms with E-state index in [-0.39, 0.29) is 5.82 Å². The molecular weight excluding hydrogens is 347 g/mol. The van der Waals surface area contributed by atoms with Crippen LogP contribution in [0, 0.1) is 11.7 Å². The second kappa shape index (κ2) is 7.91. The summed E-state index contributed by atoms with van der Waals surface area (Å²) in [6.07, 6.45) is 3.76. The number of aromatic nitrogens is 3. The number of halogens is 1. The third-order valence-corrected chi connectivity index (χ3v) is 5.00. The molecule has 3 aromatic rings. The molecule has 0 bridgehead atoms. The van der Waals surface area contributed by atoms with Crippen LogP contribution in [0.4, 0.5) is 10.2 Å². The number of hydrogen-bond acceptors (Lipinski definition) is 4. The summed E-state index contributed by atoms with van der Waals surface area (Å²) in [4.78, 5) is 12.5. The van der Waals surface area contributed by atoms with Crippen LogP contribution in [0.5, 0.6) is 0 Å². The van der Waals surface area contributed by atoms with Gasteiger partial charge in [0.05, 0.1) is 11.4 Å². The van der Waals surface area contributed by atoms with Gasteiger partial charge in [-0.3, -0.25) is 0 Å². The van der Waals surface area contributed by atoms with Crippen molar-refractivity contribution >= 4 is 17.6 Å². The number of anilines is 1. The van der Waals surface area contributed by atoms with Crippen molar-refractivity contribution in [2.24, 2.45) is 5.92 Å². The lowest BCUT2D eigenvalue weighted by molar-refractivity contribution is 0.558. The molecule has 2 N–H and O–H groups in total. The number of nitrogens with one attached hydrogen (secondary N) is 2. The summed E-state index contributed by atoms with van der Waals surface area (Å²) in [5.74, 6) is 1.07. The topological polar surface area (TPSA) is 53.6 Å². The first-order valence-corrected chi connectivity index (χ1v) is 9.83. The Morgan fingerprint density at radius 2 is 1.81 bits per heavy atom. The Labute approximate surface area is 157 Å². The third kappa shape index (κ3) is 4.07. The molecule has 4 nitrogen and oxygen atoms in total. The van der Waals surface area contributed by atoms with Crippen molar-refractivity contribution in [3.8, 4) is 22.5 Å². The van der Waals surface area contributed by atoms with Crippen LogP contribution >= 0.6 is 11.8 Å². The fraction of sp³-hybridized carbons (Fsp3) is 0.300. The summed E-state index contributed by atoms with van der Waals surface area (Å²) >= 11 is 1.54. The van der Waals surface area contributed by atoms with Gasteiger partial charge in [-0.2, -0.15) is 0 Å². The van der Waals surface area contributed by atoms with Crippen molar-refractivity contribution in [2.45, 2.75) is 32.0 Å². The molecule has 0 saturated heterocycles. The highest BCUT2D eigenvalue weighted by atomic mass is 32.2. The van der Waals surface area contributed by atoms with Crippen molar-refractivity contribution in [2.75, 3.05) is 11.6 Å². The lowest BCUT2D eigenvalue weighted by atomic mass is 10.0. The number of benzene rings is 1. The molecule has 0 fully saturated rings. The molecule has 3 rings (SSSR count). The summed E-state index contributed by atoms with van der Waals surface area (Å²) < 4.78 is 13.3. The first kappa shape index (κ1) is 18.5. The van der Waals surface area contributed by atoms with E-state index in [0.29, 0.717) is 12.0 Å². The third-order valence-electron chi connectivity index (χ3n) is 4.42. The van der Waals surface area contributed by atoms with E-state index in [1.807, 2.05) is 18.4 Å². The van der Waals surface area contributed by atoms with Crippen LogP contribution in [0.2, 0.25) is 0 Å². The summed E-state index contributed by atoms with van der Waals surface area (Å²) in [6.45, 7) is 6.49. The van der Waals surface area contributed by atoms with Gasteiger partial charge in [-0.25, -0.2) is 14.4 Å². The van der Waals surface area contributed by atoms with Gasteiger partial charge in [0.25, 0.3) is 0 Å². The van der Waals surface area contributed by atoms with E-state index in [1.54, 1.807) is 30.1 Å². The Morgan fingerprint density at radius 1 is 1.08 bits per heavy atom. The van der Waals surface area contributed by atoms with Gasteiger partial charge >= 0.3 is 0 Å². The standard InChI is InChI=1S/C20H23FN4S/c1-12(2)13(3)23-17-11-15(9-10-22-17)19-18(24-20(25-19)26-4)14-5-7-16(21)8-6-14/h5-13H,1-4H3,(H,22,23)(H,24,25)/t13-/m1/s1. The first-order chi connectivity index (χ1) is 12.5. The fourth-order valence-electron chi connectivity index (χ4n) is 2.54. The maximum Gasteiger partial charge on any atom is 0.166 e. The molecule has 0 unspecified atom stereocenters. The zero-order valence-corrected chi connectivity index (χ0v) is 16.2. The van der Waals surface area contributed by atoms with Gasteiger partial charge < -0.3 is 10.3 Å². The Balaban J connectivity index is 2.01. The first-order valence-electron chi connectivity index (χ1n) is 8.61. The number of H-pyrrole nitrogens is 1. The van der Waals surface area contributed by atoms with Gasteiger partial charge in [0.1, 0.15) is 11.6 Å². The molecule has 0 aliphatic heterocycles. The molecule has 0 amide bonds. The molecule has 0 aliphatic rings. The minimum Gasteiger partial charge on any atom is -0.367 e. The van der Waals surface area contributed by atoms with Gasteiger partial charge in [-0.05, 0) is 55.5 Å². The summed E-state index contributed by atoms with van der Waals surface area (Å²) in [7, 11) is 0. The average molecular weight is 370 g/mol. The van der Waals surface area contributed by atoms with Crippen LogP contribution in [-0.2, 0) is 0 Å². The van der Waals surface area contributed by atoms with Crippen molar-refractivity contribution in [1.82, 2.24) is 15.0 Å². The average Bonchev–Trinajstić information content (AvgIpc) is 3.07. The number of rotatable bonds is 6. The molecule has 2 aromatic heterocycles. The van der Waals surface area contributed by atoms with Crippen LogP contribution < -0.4 is 5.32 Å². The maximum absolute atomic E-state index is 13.3. The normalized spacial score (nSPS) is 12.4. The van der Waals surface area contributed by atoms with Crippen LogP contribution in [0.25, 0.3) is 22.5 Å². The van der Waals surface area contributed by atoms with Crippen molar-refractivity contribution in [3.63, 3.8) is 0 Å². The second-order valence-corrected chi connectivity index (χ2v) is 7.38. The van der Waals surface area contributed by atoms with Crippen molar-refractivity contribution in [1.29, 1.82) is 0 Å². The Hall–Kier alpha value is -2.34. The molecule has 0 aliphatic carbocycles.